The summed E-state index contributed by atoms with van der Waals surface area (Å²) in [4.78, 5) is 0. The molecule has 142 valence electrons. The molecule has 4 aliphatic carbocycles. The van der Waals surface area contributed by atoms with Gasteiger partial charge < -0.3 is 4.74 Å². The average molecular weight is 353 g/mol. The van der Waals surface area contributed by atoms with Crippen LogP contribution in [0.25, 0.3) is 0 Å². The summed E-state index contributed by atoms with van der Waals surface area (Å²) in [6, 6.07) is 0. The lowest BCUT2D eigenvalue weighted by atomic mass is 9.48. The number of methoxy groups -OCH3 is 1. The Morgan fingerprint density at radius 1 is 1.19 bits per heavy atom. The molecule has 1 nitrogen and oxygen atoms in total. The molecule has 4 rings (SSSR count). The second kappa shape index (κ2) is 6.45. The number of fused-ring (bicyclic) bond motifs is 5. The van der Waals surface area contributed by atoms with Crippen molar-refractivity contribution < 1.29 is 4.74 Å². The zero-order valence-electron chi connectivity index (χ0n) is 17.4. The van der Waals surface area contributed by atoms with Crippen molar-refractivity contribution in [1.82, 2.24) is 0 Å². The highest BCUT2D eigenvalue weighted by Crippen LogP contribution is 2.66. The van der Waals surface area contributed by atoms with Crippen LogP contribution in [0.3, 0.4) is 0 Å². The van der Waals surface area contributed by atoms with Crippen molar-refractivity contribution in [3.8, 4) is 0 Å². The van der Waals surface area contributed by atoms with Crippen molar-refractivity contribution in [2.75, 3.05) is 7.11 Å². The van der Waals surface area contributed by atoms with Crippen LogP contribution in [0.5, 0.6) is 0 Å². The first-order valence-corrected chi connectivity index (χ1v) is 10.8. The topological polar surface area (TPSA) is 9.23 Å². The van der Waals surface area contributed by atoms with Crippen LogP contribution in [0.15, 0.2) is 40.9 Å². The Balaban J connectivity index is 1.66. The highest BCUT2D eigenvalue weighted by atomic mass is 16.5. The Morgan fingerprint density at radius 2 is 2.00 bits per heavy atom. The molecule has 0 aliphatic heterocycles. The SMILES string of the molecule is CC=C=C(C)[C@H]1CCC2C3CC=C4C=C(OC)CC[C@]4(C)C3CC[C@@]21C. The van der Waals surface area contributed by atoms with Crippen LogP contribution in [0.1, 0.15) is 72.6 Å². The molecule has 0 N–H and O–H groups in total. The predicted octanol–water partition coefficient (Wildman–Crippen LogP) is 6.83. The van der Waals surface area contributed by atoms with Crippen LogP contribution >= 0.6 is 0 Å². The fourth-order valence-electron chi connectivity index (χ4n) is 7.50. The number of ether oxygens (including phenoxy) is 1. The molecule has 0 aromatic rings. The van der Waals surface area contributed by atoms with Gasteiger partial charge >= 0.3 is 0 Å². The van der Waals surface area contributed by atoms with E-state index in [1.54, 1.807) is 5.57 Å². The van der Waals surface area contributed by atoms with Gasteiger partial charge in [0.1, 0.15) is 0 Å². The summed E-state index contributed by atoms with van der Waals surface area (Å²) in [6.07, 6.45) is 16.3. The molecule has 0 aromatic carbocycles. The first-order chi connectivity index (χ1) is 12.4. The van der Waals surface area contributed by atoms with E-state index in [-0.39, 0.29) is 0 Å². The van der Waals surface area contributed by atoms with Gasteiger partial charge in [-0.3, -0.25) is 0 Å². The maximum absolute atomic E-state index is 5.58. The van der Waals surface area contributed by atoms with Gasteiger partial charge in [-0.05, 0) is 110 Å². The normalized spacial score (nSPS) is 43.9. The molecule has 3 unspecified atom stereocenters. The van der Waals surface area contributed by atoms with Gasteiger partial charge in [-0.2, -0.15) is 0 Å². The van der Waals surface area contributed by atoms with Crippen molar-refractivity contribution in [3.05, 3.63) is 40.9 Å². The quantitative estimate of drug-likeness (QED) is 0.495. The number of allylic oxidation sites excluding steroid dienone is 5. The summed E-state index contributed by atoms with van der Waals surface area (Å²) in [6.45, 7) is 9.59. The molecule has 0 aromatic heterocycles. The second-order valence-corrected chi connectivity index (χ2v) is 9.79. The number of hydrogen-bond acceptors (Lipinski definition) is 1. The van der Waals surface area contributed by atoms with Crippen LogP contribution < -0.4 is 0 Å². The minimum absolute atomic E-state index is 0.374. The fraction of sp³-hybridized carbons (Fsp3) is 0.720. The molecule has 4 aliphatic rings. The summed E-state index contributed by atoms with van der Waals surface area (Å²) in [7, 11) is 1.83. The highest BCUT2D eigenvalue weighted by Gasteiger charge is 2.58. The lowest BCUT2D eigenvalue weighted by Gasteiger charge is -2.57. The maximum atomic E-state index is 5.58. The van der Waals surface area contributed by atoms with E-state index in [1.165, 1.54) is 49.9 Å². The maximum Gasteiger partial charge on any atom is 0.0958 e. The lowest BCUT2D eigenvalue weighted by molar-refractivity contribution is -0.0318. The summed E-state index contributed by atoms with van der Waals surface area (Å²) >= 11 is 0. The van der Waals surface area contributed by atoms with Gasteiger partial charge in [-0.1, -0.05) is 19.9 Å². The molecule has 6 atom stereocenters. The van der Waals surface area contributed by atoms with E-state index in [0.717, 1.165) is 30.1 Å². The van der Waals surface area contributed by atoms with Gasteiger partial charge in [-0.25, -0.2) is 0 Å². The van der Waals surface area contributed by atoms with E-state index in [4.69, 9.17) is 4.74 Å². The minimum Gasteiger partial charge on any atom is -0.501 e. The van der Waals surface area contributed by atoms with E-state index < -0.39 is 0 Å². The van der Waals surface area contributed by atoms with E-state index in [9.17, 15) is 0 Å². The second-order valence-electron chi connectivity index (χ2n) is 9.79. The van der Waals surface area contributed by atoms with Gasteiger partial charge in [0.2, 0.25) is 0 Å². The molecular formula is C25H36O. The molecule has 0 radical (unpaired) electrons. The molecule has 0 spiro atoms. The van der Waals surface area contributed by atoms with Crippen LogP contribution in [-0.4, -0.2) is 7.11 Å². The van der Waals surface area contributed by atoms with Crippen molar-refractivity contribution >= 4 is 0 Å². The standard InChI is InChI=1S/C25H36O/c1-6-7-17(2)21-10-11-22-20-9-8-18-16-19(26-5)12-14-24(18,3)23(20)13-15-25(21,22)4/h6,8,16,20-23H,9-15H2,1-5H3/t7?,20?,21-,22?,23?,24+,25-/m1/s1. The zero-order chi connectivity index (χ0) is 18.5. The highest BCUT2D eigenvalue weighted by molar-refractivity contribution is 5.36. The molecular weight excluding hydrogens is 316 g/mol. The Morgan fingerprint density at radius 3 is 2.73 bits per heavy atom. The first-order valence-electron chi connectivity index (χ1n) is 10.8. The molecule has 2 saturated carbocycles. The third kappa shape index (κ3) is 2.50. The molecule has 1 heteroatoms. The summed E-state index contributed by atoms with van der Waals surface area (Å²) in [5.74, 6) is 4.56. The van der Waals surface area contributed by atoms with E-state index in [1.807, 2.05) is 7.11 Å². The summed E-state index contributed by atoms with van der Waals surface area (Å²) < 4.78 is 5.58. The van der Waals surface area contributed by atoms with Crippen molar-refractivity contribution in [2.24, 2.45) is 34.5 Å². The van der Waals surface area contributed by atoms with Gasteiger partial charge in [0, 0.05) is 6.42 Å². The van der Waals surface area contributed by atoms with Crippen molar-refractivity contribution in [3.63, 3.8) is 0 Å². The van der Waals surface area contributed by atoms with Crippen LogP contribution in [-0.2, 0) is 4.74 Å². The van der Waals surface area contributed by atoms with Crippen LogP contribution in [0.2, 0.25) is 0 Å². The van der Waals surface area contributed by atoms with Gasteiger partial charge in [0.15, 0.2) is 0 Å². The largest absolute Gasteiger partial charge is 0.501 e. The van der Waals surface area contributed by atoms with E-state index in [0.29, 0.717) is 10.8 Å². The smallest absolute Gasteiger partial charge is 0.0958 e. The molecule has 26 heavy (non-hydrogen) atoms. The Labute approximate surface area is 160 Å². The fourth-order valence-corrected chi connectivity index (χ4v) is 7.50. The van der Waals surface area contributed by atoms with Crippen molar-refractivity contribution in [2.45, 2.75) is 72.6 Å². The monoisotopic (exact) mass is 352 g/mol. The minimum atomic E-state index is 0.374. The van der Waals surface area contributed by atoms with Crippen molar-refractivity contribution in [1.29, 1.82) is 0 Å². The molecule has 2 fully saturated rings. The summed E-state index contributed by atoms with van der Waals surface area (Å²) in [5.41, 5.74) is 7.48. The van der Waals surface area contributed by atoms with Gasteiger partial charge in [-0.15, -0.1) is 5.73 Å². The molecule has 0 saturated heterocycles. The van der Waals surface area contributed by atoms with Gasteiger partial charge in [0.25, 0.3) is 0 Å². The van der Waals surface area contributed by atoms with Crippen LogP contribution in [0.4, 0.5) is 0 Å². The molecule has 0 amide bonds. The Hall–Kier alpha value is -1.20. The third-order valence-corrected chi connectivity index (χ3v) is 8.89. The number of rotatable bonds is 2. The van der Waals surface area contributed by atoms with Gasteiger partial charge in [0.05, 0.1) is 12.9 Å². The molecule has 0 bridgehead atoms. The predicted molar refractivity (Wildman–Crippen MR) is 109 cm³/mol. The lowest BCUT2D eigenvalue weighted by Crippen LogP contribution is -2.49. The molecule has 0 heterocycles. The number of hydrogen-bond donors (Lipinski definition) is 0. The Bertz CT molecular complexity index is 704. The Kier molecular flexibility index (Phi) is 4.51. The third-order valence-electron chi connectivity index (χ3n) is 8.89. The van der Waals surface area contributed by atoms with E-state index in [2.05, 4.69) is 51.7 Å². The zero-order valence-corrected chi connectivity index (χ0v) is 17.4. The van der Waals surface area contributed by atoms with Crippen LogP contribution in [0, 0.1) is 34.5 Å². The average Bonchev–Trinajstić information content (AvgIpc) is 2.98. The van der Waals surface area contributed by atoms with E-state index >= 15 is 0 Å². The first kappa shape index (κ1) is 18.2. The summed E-state index contributed by atoms with van der Waals surface area (Å²) in [5, 5.41) is 0.